The summed E-state index contributed by atoms with van der Waals surface area (Å²) in [6, 6.07) is 0. The Kier molecular flexibility index (Phi) is 6.56. The molecule has 0 fully saturated rings. The minimum absolute atomic E-state index is 0.321. The Morgan fingerprint density at radius 2 is 1.64 bits per heavy atom. The summed E-state index contributed by atoms with van der Waals surface area (Å²) in [5.41, 5.74) is 0. The zero-order chi connectivity index (χ0) is 11.4. The fourth-order valence-electron chi connectivity index (χ4n) is 2.40. The van der Waals surface area contributed by atoms with Crippen LogP contribution in [0.4, 0.5) is 0 Å². The molecule has 0 aromatic heterocycles. The van der Waals surface area contributed by atoms with Crippen LogP contribution in [0.1, 0.15) is 40.5 Å². The third-order valence-corrected chi connectivity index (χ3v) is 7.49. The van der Waals surface area contributed by atoms with Crippen LogP contribution in [0.3, 0.4) is 0 Å². The van der Waals surface area contributed by atoms with Crippen molar-refractivity contribution in [3.05, 3.63) is 0 Å². The molecule has 14 heavy (non-hydrogen) atoms. The molecule has 0 aliphatic carbocycles. The maximum Gasteiger partial charge on any atom is 0.0414 e. The van der Waals surface area contributed by atoms with Crippen molar-refractivity contribution in [2.24, 2.45) is 5.92 Å². The maximum atomic E-state index is 6.36. The second kappa shape index (κ2) is 6.27. The van der Waals surface area contributed by atoms with E-state index >= 15 is 0 Å². The molecule has 0 saturated heterocycles. The molecular formula is C12H27ClS. The van der Waals surface area contributed by atoms with Crippen molar-refractivity contribution in [3.8, 4) is 0 Å². The van der Waals surface area contributed by atoms with Gasteiger partial charge in [0, 0.05) is 10.6 Å². The SMILES string of the molecule is CCCC(C)C(C(C)Cl)S(C)(C)CC. The monoisotopic (exact) mass is 238 g/mol. The first-order chi connectivity index (χ1) is 6.36. The molecule has 0 N–H and O–H groups in total. The van der Waals surface area contributed by atoms with Gasteiger partial charge in [0.2, 0.25) is 0 Å². The van der Waals surface area contributed by atoms with Crippen LogP contribution in [0, 0.1) is 5.92 Å². The molecule has 0 spiro atoms. The summed E-state index contributed by atoms with van der Waals surface area (Å²) >= 11 is 6.36. The van der Waals surface area contributed by atoms with Gasteiger partial charge >= 0.3 is 0 Å². The van der Waals surface area contributed by atoms with Crippen molar-refractivity contribution >= 4 is 21.6 Å². The summed E-state index contributed by atoms with van der Waals surface area (Å²) in [5, 5.41) is 1.04. The summed E-state index contributed by atoms with van der Waals surface area (Å²) in [7, 11) is -0.513. The lowest BCUT2D eigenvalue weighted by Gasteiger charge is -2.44. The first kappa shape index (κ1) is 14.6. The largest absolute Gasteiger partial charge is 0.243 e. The molecule has 0 rings (SSSR count). The van der Waals surface area contributed by atoms with Gasteiger partial charge in [-0.3, -0.25) is 0 Å². The van der Waals surface area contributed by atoms with Gasteiger partial charge in [0.15, 0.2) is 0 Å². The standard InChI is InChI=1S/C12H27ClS/c1-7-9-10(3)12(11(4)13)14(5,6)8-2/h10-12H,7-9H2,1-6H3. The van der Waals surface area contributed by atoms with Crippen molar-refractivity contribution in [1.29, 1.82) is 0 Å². The van der Waals surface area contributed by atoms with Crippen LogP contribution in [0.25, 0.3) is 0 Å². The number of halogens is 1. The van der Waals surface area contributed by atoms with Gasteiger partial charge in [0.25, 0.3) is 0 Å². The lowest BCUT2D eigenvalue weighted by molar-refractivity contribution is 0.493. The van der Waals surface area contributed by atoms with Crippen molar-refractivity contribution in [2.45, 2.75) is 51.2 Å². The number of hydrogen-bond donors (Lipinski definition) is 0. The molecule has 0 amide bonds. The highest BCUT2D eigenvalue weighted by atomic mass is 35.5. The summed E-state index contributed by atoms with van der Waals surface area (Å²) in [4.78, 5) is 0. The van der Waals surface area contributed by atoms with Crippen molar-refractivity contribution in [2.75, 3.05) is 18.3 Å². The zero-order valence-corrected chi connectivity index (χ0v) is 12.2. The van der Waals surface area contributed by atoms with Gasteiger partial charge in [-0.05, 0) is 37.5 Å². The molecule has 0 aliphatic heterocycles. The van der Waals surface area contributed by atoms with E-state index in [1.54, 1.807) is 0 Å². The van der Waals surface area contributed by atoms with Crippen molar-refractivity contribution < 1.29 is 0 Å². The molecule has 0 saturated carbocycles. The molecule has 0 bridgehead atoms. The predicted octanol–water partition coefficient (Wildman–Crippen LogP) is 4.50. The third-order valence-electron chi connectivity index (χ3n) is 3.24. The topological polar surface area (TPSA) is 0 Å². The minimum Gasteiger partial charge on any atom is -0.243 e. The second-order valence-corrected chi connectivity index (χ2v) is 9.88. The van der Waals surface area contributed by atoms with Gasteiger partial charge in [-0.2, -0.15) is 0 Å². The van der Waals surface area contributed by atoms with Crippen LogP contribution in [-0.2, 0) is 0 Å². The Balaban J connectivity index is 4.58. The van der Waals surface area contributed by atoms with E-state index in [9.17, 15) is 0 Å². The van der Waals surface area contributed by atoms with E-state index in [1.807, 2.05) is 0 Å². The quantitative estimate of drug-likeness (QED) is 0.598. The molecule has 0 nitrogen and oxygen atoms in total. The Bertz CT molecular complexity index is 154. The summed E-state index contributed by atoms with van der Waals surface area (Å²) in [6.45, 7) is 9.11. The van der Waals surface area contributed by atoms with Crippen LogP contribution >= 0.6 is 21.6 Å². The Morgan fingerprint density at radius 1 is 1.14 bits per heavy atom. The highest BCUT2D eigenvalue weighted by Gasteiger charge is 2.31. The van der Waals surface area contributed by atoms with Gasteiger partial charge in [0.05, 0.1) is 0 Å². The molecule has 0 heterocycles. The van der Waals surface area contributed by atoms with Gasteiger partial charge < -0.3 is 0 Å². The molecule has 0 aromatic carbocycles. The van der Waals surface area contributed by atoms with Crippen LogP contribution in [0.15, 0.2) is 0 Å². The first-order valence-electron chi connectivity index (χ1n) is 5.70. The Morgan fingerprint density at radius 3 is 1.93 bits per heavy atom. The van der Waals surface area contributed by atoms with Crippen LogP contribution in [-0.4, -0.2) is 28.9 Å². The molecule has 0 radical (unpaired) electrons. The van der Waals surface area contributed by atoms with Crippen molar-refractivity contribution in [3.63, 3.8) is 0 Å². The number of alkyl halides is 1. The molecule has 2 heteroatoms. The van der Waals surface area contributed by atoms with E-state index in [0.29, 0.717) is 10.6 Å². The fourth-order valence-corrected chi connectivity index (χ4v) is 6.28. The maximum absolute atomic E-state index is 6.36. The van der Waals surface area contributed by atoms with E-state index in [2.05, 4.69) is 40.2 Å². The lowest BCUT2D eigenvalue weighted by atomic mass is 10.00. The van der Waals surface area contributed by atoms with E-state index in [0.717, 1.165) is 5.92 Å². The molecule has 0 aromatic rings. The molecular weight excluding hydrogens is 212 g/mol. The van der Waals surface area contributed by atoms with E-state index in [-0.39, 0.29) is 0 Å². The third kappa shape index (κ3) is 4.02. The van der Waals surface area contributed by atoms with E-state index in [1.165, 1.54) is 18.6 Å². The van der Waals surface area contributed by atoms with Crippen LogP contribution in [0.2, 0.25) is 0 Å². The van der Waals surface area contributed by atoms with E-state index < -0.39 is 10.0 Å². The highest BCUT2D eigenvalue weighted by Crippen LogP contribution is 2.51. The Hall–Kier alpha value is 0.640. The normalized spacial score (nSPS) is 20.2. The Labute approximate surface area is 97.1 Å². The predicted molar refractivity (Wildman–Crippen MR) is 73.2 cm³/mol. The van der Waals surface area contributed by atoms with Gasteiger partial charge in [0.1, 0.15) is 0 Å². The highest BCUT2D eigenvalue weighted by molar-refractivity contribution is 8.33. The average Bonchev–Trinajstić information content (AvgIpc) is 2.03. The smallest absolute Gasteiger partial charge is 0.0414 e. The summed E-state index contributed by atoms with van der Waals surface area (Å²) in [6.07, 6.45) is 7.46. The molecule has 3 unspecified atom stereocenters. The molecule has 88 valence electrons. The summed E-state index contributed by atoms with van der Waals surface area (Å²) < 4.78 is 0. The van der Waals surface area contributed by atoms with Crippen molar-refractivity contribution in [1.82, 2.24) is 0 Å². The lowest BCUT2D eigenvalue weighted by Crippen LogP contribution is -2.32. The van der Waals surface area contributed by atoms with Gasteiger partial charge in [-0.25, -0.2) is 10.0 Å². The second-order valence-electron chi connectivity index (χ2n) is 4.82. The number of hydrogen-bond acceptors (Lipinski definition) is 0. The summed E-state index contributed by atoms with van der Waals surface area (Å²) in [5.74, 6) is 2.07. The van der Waals surface area contributed by atoms with Gasteiger partial charge in [-0.1, -0.05) is 27.2 Å². The first-order valence-corrected chi connectivity index (χ1v) is 8.82. The van der Waals surface area contributed by atoms with Crippen LogP contribution in [0.5, 0.6) is 0 Å². The minimum atomic E-state index is -0.513. The average molecular weight is 239 g/mol. The van der Waals surface area contributed by atoms with E-state index in [4.69, 9.17) is 11.6 Å². The number of rotatable bonds is 6. The molecule has 0 aliphatic rings. The fraction of sp³-hybridized carbons (Fsp3) is 1.00. The van der Waals surface area contributed by atoms with Crippen LogP contribution < -0.4 is 0 Å². The van der Waals surface area contributed by atoms with Gasteiger partial charge in [-0.15, -0.1) is 11.6 Å². The zero-order valence-electron chi connectivity index (χ0n) is 10.6. The molecule has 3 atom stereocenters.